The van der Waals surface area contributed by atoms with Gasteiger partial charge in [0.2, 0.25) is 0 Å². The van der Waals surface area contributed by atoms with Crippen molar-refractivity contribution in [1.82, 2.24) is 0 Å². The average molecular weight is 349 g/mol. The highest BCUT2D eigenvalue weighted by Crippen LogP contribution is 2.36. The Morgan fingerprint density at radius 3 is 1.24 bits per heavy atom. The molecular formula is C25H48. The first-order chi connectivity index (χ1) is 11.6. The second kappa shape index (κ2) is 14.4. The zero-order valence-electron chi connectivity index (χ0n) is 19.5. The lowest BCUT2D eigenvalue weighted by Gasteiger charge is -2.31. The van der Waals surface area contributed by atoms with Gasteiger partial charge in [0, 0.05) is 0 Å². The van der Waals surface area contributed by atoms with E-state index in [0.29, 0.717) is 11.8 Å². The van der Waals surface area contributed by atoms with Crippen molar-refractivity contribution >= 4 is 0 Å². The zero-order valence-corrected chi connectivity index (χ0v) is 19.5. The van der Waals surface area contributed by atoms with E-state index in [4.69, 9.17) is 0 Å². The molecule has 0 spiro atoms. The van der Waals surface area contributed by atoms with Crippen molar-refractivity contribution in [2.75, 3.05) is 0 Å². The Kier molecular flexibility index (Phi) is 15.2. The molecule has 0 N–H and O–H groups in total. The predicted molar refractivity (Wildman–Crippen MR) is 118 cm³/mol. The third-order valence-corrected chi connectivity index (χ3v) is 5.44. The van der Waals surface area contributed by atoms with Crippen LogP contribution in [0.3, 0.4) is 0 Å². The monoisotopic (exact) mass is 348 g/mol. The van der Waals surface area contributed by atoms with Crippen molar-refractivity contribution in [2.45, 2.75) is 95.4 Å². The Labute approximate surface area is 160 Å². The highest BCUT2D eigenvalue weighted by molar-refractivity contribution is 5.26. The summed E-state index contributed by atoms with van der Waals surface area (Å²) in [5.41, 5.74) is 2.95. The molecule has 2 atom stereocenters. The second-order valence-corrected chi connectivity index (χ2v) is 8.46. The zero-order chi connectivity index (χ0) is 20.2. The van der Waals surface area contributed by atoms with E-state index in [0.717, 1.165) is 30.1 Å². The smallest absolute Gasteiger partial charge is 0.0111 e. The molecule has 1 aromatic carbocycles. The standard InChI is InChI=1S/C17H28.C6H14.C2H6/c1-7-15-8-10-16(11-9-15)17(13(4)5)14(6)12(2)3;1-5(2)6(3)4;1-2/h8-14,17H,7H2,1-6H3;5-6H,1-4H3;1-2H3. The summed E-state index contributed by atoms with van der Waals surface area (Å²) in [6, 6.07) is 9.25. The fraction of sp³-hybridized carbons (Fsp3) is 0.760. The Hall–Kier alpha value is -0.780. The molecule has 0 heteroatoms. The van der Waals surface area contributed by atoms with Gasteiger partial charge < -0.3 is 0 Å². The van der Waals surface area contributed by atoms with E-state index in [-0.39, 0.29) is 0 Å². The van der Waals surface area contributed by atoms with Gasteiger partial charge in [-0.25, -0.2) is 0 Å². The molecular weight excluding hydrogens is 300 g/mol. The fourth-order valence-corrected chi connectivity index (χ4v) is 2.69. The molecule has 0 amide bonds. The lowest BCUT2D eigenvalue weighted by atomic mass is 9.74. The highest BCUT2D eigenvalue weighted by atomic mass is 14.3. The van der Waals surface area contributed by atoms with Gasteiger partial charge in [-0.05, 0) is 53.1 Å². The van der Waals surface area contributed by atoms with E-state index in [9.17, 15) is 0 Å². The first-order valence-corrected chi connectivity index (χ1v) is 10.7. The van der Waals surface area contributed by atoms with Crippen LogP contribution in [0.5, 0.6) is 0 Å². The molecule has 0 aliphatic heterocycles. The van der Waals surface area contributed by atoms with Gasteiger partial charge in [0.1, 0.15) is 0 Å². The van der Waals surface area contributed by atoms with E-state index in [2.05, 4.69) is 93.5 Å². The number of rotatable bonds is 6. The van der Waals surface area contributed by atoms with Gasteiger partial charge in [-0.2, -0.15) is 0 Å². The van der Waals surface area contributed by atoms with E-state index >= 15 is 0 Å². The van der Waals surface area contributed by atoms with Crippen LogP contribution in [0.15, 0.2) is 24.3 Å². The highest BCUT2D eigenvalue weighted by Gasteiger charge is 2.24. The Bertz CT molecular complexity index is 389. The average Bonchev–Trinajstić information content (AvgIpc) is 2.57. The number of benzene rings is 1. The molecule has 1 rings (SSSR count). The Balaban J connectivity index is 0. The van der Waals surface area contributed by atoms with Crippen LogP contribution in [0.1, 0.15) is 100 Å². The lowest BCUT2D eigenvalue weighted by Crippen LogP contribution is -2.20. The summed E-state index contributed by atoms with van der Waals surface area (Å²) in [7, 11) is 0. The minimum Gasteiger partial charge on any atom is -0.0683 e. The summed E-state index contributed by atoms with van der Waals surface area (Å²) in [5.74, 6) is 4.58. The molecule has 148 valence electrons. The maximum atomic E-state index is 2.39. The largest absolute Gasteiger partial charge is 0.0683 e. The molecule has 1 aromatic rings. The van der Waals surface area contributed by atoms with Gasteiger partial charge in [-0.3, -0.25) is 0 Å². The Morgan fingerprint density at radius 2 is 1.00 bits per heavy atom. The van der Waals surface area contributed by atoms with Crippen molar-refractivity contribution in [3.8, 4) is 0 Å². The summed E-state index contributed by atoms with van der Waals surface area (Å²) in [6.45, 7) is 26.9. The SMILES string of the molecule is CC.CC(C)C(C)C.CCc1ccc(C(C(C)C)C(C)C(C)C)cc1. The molecule has 0 radical (unpaired) electrons. The summed E-state index contributed by atoms with van der Waals surface area (Å²) < 4.78 is 0. The van der Waals surface area contributed by atoms with Crippen molar-refractivity contribution in [1.29, 1.82) is 0 Å². The third-order valence-electron chi connectivity index (χ3n) is 5.44. The normalized spacial score (nSPS) is 13.3. The van der Waals surface area contributed by atoms with Gasteiger partial charge in [0.15, 0.2) is 0 Å². The van der Waals surface area contributed by atoms with Gasteiger partial charge in [-0.1, -0.05) is 107 Å². The topological polar surface area (TPSA) is 0 Å². The summed E-state index contributed by atoms with van der Waals surface area (Å²) in [6.07, 6.45) is 1.13. The van der Waals surface area contributed by atoms with E-state index in [1.165, 1.54) is 11.1 Å². The molecule has 2 unspecified atom stereocenters. The molecule has 0 aliphatic carbocycles. The van der Waals surface area contributed by atoms with Crippen molar-refractivity contribution in [3.05, 3.63) is 35.4 Å². The first-order valence-electron chi connectivity index (χ1n) is 10.7. The molecule has 0 aliphatic rings. The molecule has 0 bridgehead atoms. The van der Waals surface area contributed by atoms with E-state index in [1.807, 2.05) is 13.8 Å². The van der Waals surface area contributed by atoms with Crippen LogP contribution in [0, 0.1) is 29.6 Å². The van der Waals surface area contributed by atoms with Crippen molar-refractivity contribution < 1.29 is 0 Å². The molecule has 0 heterocycles. The van der Waals surface area contributed by atoms with Crippen LogP contribution in [-0.4, -0.2) is 0 Å². The molecule has 0 nitrogen and oxygen atoms in total. The van der Waals surface area contributed by atoms with Gasteiger partial charge in [0.05, 0.1) is 0 Å². The lowest BCUT2D eigenvalue weighted by molar-refractivity contribution is 0.289. The molecule has 0 saturated carbocycles. The fourth-order valence-electron chi connectivity index (χ4n) is 2.69. The van der Waals surface area contributed by atoms with Gasteiger partial charge >= 0.3 is 0 Å². The van der Waals surface area contributed by atoms with Crippen LogP contribution in [0.25, 0.3) is 0 Å². The van der Waals surface area contributed by atoms with Crippen LogP contribution < -0.4 is 0 Å². The number of hydrogen-bond donors (Lipinski definition) is 0. The summed E-state index contributed by atoms with van der Waals surface area (Å²) >= 11 is 0. The van der Waals surface area contributed by atoms with Crippen LogP contribution in [0.2, 0.25) is 0 Å². The molecule has 0 fully saturated rings. The van der Waals surface area contributed by atoms with Gasteiger partial charge in [0.25, 0.3) is 0 Å². The van der Waals surface area contributed by atoms with Crippen LogP contribution >= 0.6 is 0 Å². The van der Waals surface area contributed by atoms with E-state index in [1.54, 1.807) is 0 Å². The summed E-state index contributed by atoms with van der Waals surface area (Å²) in [5, 5.41) is 0. The predicted octanol–water partition coefficient (Wildman–Crippen LogP) is 8.61. The minimum absolute atomic E-state index is 0.681. The van der Waals surface area contributed by atoms with E-state index < -0.39 is 0 Å². The second-order valence-electron chi connectivity index (χ2n) is 8.46. The van der Waals surface area contributed by atoms with Crippen molar-refractivity contribution in [3.63, 3.8) is 0 Å². The molecule has 0 aromatic heterocycles. The maximum absolute atomic E-state index is 2.39. The number of hydrogen-bond acceptors (Lipinski definition) is 0. The quantitative estimate of drug-likeness (QED) is 0.482. The Morgan fingerprint density at radius 1 is 0.600 bits per heavy atom. The summed E-state index contributed by atoms with van der Waals surface area (Å²) in [4.78, 5) is 0. The van der Waals surface area contributed by atoms with Crippen LogP contribution in [-0.2, 0) is 6.42 Å². The number of aryl methyl sites for hydroxylation is 1. The maximum Gasteiger partial charge on any atom is -0.0111 e. The molecule has 25 heavy (non-hydrogen) atoms. The molecule has 0 saturated heterocycles. The first kappa shape index (κ1) is 26.4. The minimum atomic E-state index is 0.681. The third kappa shape index (κ3) is 10.7. The van der Waals surface area contributed by atoms with Gasteiger partial charge in [-0.15, -0.1) is 0 Å². The van der Waals surface area contributed by atoms with Crippen molar-refractivity contribution in [2.24, 2.45) is 29.6 Å². The van der Waals surface area contributed by atoms with Crippen LogP contribution in [0.4, 0.5) is 0 Å².